The zero-order valence-corrected chi connectivity index (χ0v) is 22.9. The fraction of sp³-hybridized carbons (Fsp3) is 0.360. The molecule has 0 aliphatic carbocycles. The molecule has 3 aromatic rings. The Labute approximate surface area is 224 Å². The van der Waals surface area contributed by atoms with Crippen LogP contribution in [0.2, 0.25) is 5.15 Å². The minimum Gasteiger partial charge on any atom is -0.449 e. The summed E-state index contributed by atoms with van der Waals surface area (Å²) < 4.78 is 33.4. The molecular weight excluding hydrogens is 534 g/mol. The van der Waals surface area contributed by atoms with Gasteiger partial charge in [-0.25, -0.2) is 22.6 Å². The second-order valence-electron chi connectivity index (χ2n) is 9.13. The molecule has 4 rings (SSSR count). The molecule has 0 saturated carbocycles. The zero-order chi connectivity index (χ0) is 27.8. The van der Waals surface area contributed by atoms with Crippen LogP contribution < -0.4 is 10.9 Å². The summed E-state index contributed by atoms with van der Waals surface area (Å²) in [4.78, 5) is 38.2. The molecule has 13 heteroatoms. The third-order valence-electron chi connectivity index (χ3n) is 6.48. The summed E-state index contributed by atoms with van der Waals surface area (Å²) in [6.07, 6.45) is 1.75. The number of nitrogens with one attached hydrogen (secondary N) is 1. The number of aryl methyl sites for hydroxylation is 1. The highest BCUT2D eigenvalue weighted by Gasteiger charge is 2.32. The number of hydrogen-bond donors (Lipinski definition) is 1. The normalized spacial score (nSPS) is 17.6. The predicted octanol–water partition coefficient (Wildman–Crippen LogP) is 2.59. The van der Waals surface area contributed by atoms with Crippen molar-refractivity contribution < 1.29 is 22.7 Å². The third-order valence-corrected chi connectivity index (χ3v) is 8.60. The van der Waals surface area contributed by atoms with Crippen LogP contribution in [0.1, 0.15) is 36.3 Å². The maximum atomic E-state index is 13.0. The van der Waals surface area contributed by atoms with E-state index in [9.17, 15) is 22.8 Å². The Kier molecular flexibility index (Phi) is 7.65. The van der Waals surface area contributed by atoms with E-state index in [1.54, 1.807) is 49.8 Å². The number of rotatable bonds is 7. The van der Waals surface area contributed by atoms with E-state index in [0.29, 0.717) is 29.1 Å². The van der Waals surface area contributed by atoms with E-state index < -0.39 is 33.4 Å². The lowest BCUT2D eigenvalue weighted by Crippen LogP contribution is -2.31. The second kappa shape index (κ2) is 10.6. The average Bonchev–Trinajstić information content (AvgIpc) is 3.44. The van der Waals surface area contributed by atoms with Gasteiger partial charge >= 0.3 is 5.97 Å². The fourth-order valence-electron chi connectivity index (χ4n) is 4.29. The summed E-state index contributed by atoms with van der Waals surface area (Å²) in [7, 11) is -1.42. The molecule has 2 aromatic heterocycles. The van der Waals surface area contributed by atoms with E-state index in [1.165, 1.54) is 22.4 Å². The predicted molar refractivity (Wildman–Crippen MR) is 143 cm³/mol. The Balaban J connectivity index is 1.43. The summed E-state index contributed by atoms with van der Waals surface area (Å²) in [5.74, 6) is -1.43. The molecule has 1 aliphatic heterocycles. The van der Waals surface area contributed by atoms with Crippen LogP contribution in [0.25, 0.3) is 11.8 Å². The van der Waals surface area contributed by atoms with E-state index in [-0.39, 0.29) is 28.4 Å². The van der Waals surface area contributed by atoms with Crippen molar-refractivity contribution in [3.63, 3.8) is 0 Å². The molecule has 2 unspecified atom stereocenters. The molecule has 38 heavy (non-hydrogen) atoms. The summed E-state index contributed by atoms with van der Waals surface area (Å²) in [5, 5.41) is 7.12. The minimum absolute atomic E-state index is 0.0387. The Bertz CT molecular complexity index is 1590. The lowest BCUT2D eigenvalue weighted by atomic mass is 10.2. The van der Waals surface area contributed by atoms with Gasteiger partial charge in [0.05, 0.1) is 34.6 Å². The fourth-order valence-corrected chi connectivity index (χ4v) is 6.35. The molecule has 2 atom stereocenters. The molecule has 11 nitrogen and oxygen atoms in total. The second-order valence-corrected chi connectivity index (χ2v) is 11.7. The average molecular weight is 562 g/mol. The van der Waals surface area contributed by atoms with Gasteiger partial charge in [-0.05, 0) is 45.4 Å². The SMILES string of the molecule is Cc1nn(C2CCS(=O)(=O)C2)c(Cl)c1/C=C/C(=O)OC(C)C(=O)Nc1c(C)n(C)n(-c2ccccc2)c1=O. The topological polar surface area (TPSA) is 134 Å². The van der Waals surface area contributed by atoms with Gasteiger partial charge in [-0.2, -0.15) is 5.10 Å². The molecule has 0 radical (unpaired) electrons. The van der Waals surface area contributed by atoms with E-state index in [2.05, 4.69) is 10.4 Å². The number of carbonyl (C=O) groups is 2. The summed E-state index contributed by atoms with van der Waals surface area (Å²) >= 11 is 6.43. The van der Waals surface area contributed by atoms with Crippen molar-refractivity contribution in [3.05, 3.63) is 68.9 Å². The lowest BCUT2D eigenvalue weighted by Gasteiger charge is -2.11. The van der Waals surface area contributed by atoms with Crippen molar-refractivity contribution in [1.29, 1.82) is 0 Å². The van der Waals surface area contributed by atoms with Crippen LogP contribution in [-0.2, 0) is 31.2 Å². The van der Waals surface area contributed by atoms with Gasteiger partial charge in [-0.3, -0.25) is 14.3 Å². The van der Waals surface area contributed by atoms with Crippen molar-refractivity contribution in [3.8, 4) is 5.69 Å². The summed E-state index contributed by atoms with van der Waals surface area (Å²) in [6.45, 7) is 4.78. The first kappa shape index (κ1) is 27.4. The molecule has 1 amide bonds. The maximum absolute atomic E-state index is 13.0. The van der Waals surface area contributed by atoms with Crippen molar-refractivity contribution in [2.75, 3.05) is 16.8 Å². The highest BCUT2D eigenvalue weighted by molar-refractivity contribution is 7.91. The molecule has 0 spiro atoms. The maximum Gasteiger partial charge on any atom is 0.331 e. The minimum atomic E-state index is -3.13. The highest BCUT2D eigenvalue weighted by atomic mass is 35.5. The molecule has 1 saturated heterocycles. The largest absolute Gasteiger partial charge is 0.449 e. The van der Waals surface area contributed by atoms with Crippen molar-refractivity contribution in [2.45, 2.75) is 39.3 Å². The van der Waals surface area contributed by atoms with Gasteiger partial charge in [-0.1, -0.05) is 29.8 Å². The van der Waals surface area contributed by atoms with Gasteiger partial charge in [0.25, 0.3) is 11.5 Å². The third kappa shape index (κ3) is 5.46. The first-order chi connectivity index (χ1) is 17.9. The monoisotopic (exact) mass is 561 g/mol. The molecule has 1 N–H and O–H groups in total. The zero-order valence-electron chi connectivity index (χ0n) is 21.3. The number of sulfone groups is 1. The van der Waals surface area contributed by atoms with Crippen LogP contribution in [0.4, 0.5) is 5.69 Å². The van der Waals surface area contributed by atoms with Crippen LogP contribution in [0.3, 0.4) is 0 Å². The van der Waals surface area contributed by atoms with E-state index in [1.807, 2.05) is 6.07 Å². The number of amides is 1. The Hall–Kier alpha value is -3.64. The molecule has 1 aromatic carbocycles. The van der Waals surface area contributed by atoms with Gasteiger partial charge in [0.15, 0.2) is 15.9 Å². The Morgan fingerprint density at radius 3 is 2.55 bits per heavy atom. The van der Waals surface area contributed by atoms with Crippen LogP contribution >= 0.6 is 11.6 Å². The quantitative estimate of drug-likeness (QED) is 0.346. The summed E-state index contributed by atoms with van der Waals surface area (Å²) in [6, 6.07) is 8.62. The Morgan fingerprint density at radius 1 is 1.24 bits per heavy atom. The Morgan fingerprint density at radius 2 is 1.92 bits per heavy atom. The molecule has 1 fully saturated rings. The van der Waals surface area contributed by atoms with Gasteiger partial charge in [0.2, 0.25) is 0 Å². The summed E-state index contributed by atoms with van der Waals surface area (Å²) in [5.41, 5.74) is 1.81. The molecule has 3 heterocycles. The van der Waals surface area contributed by atoms with Crippen molar-refractivity contribution in [1.82, 2.24) is 19.1 Å². The number of para-hydroxylation sites is 1. The standard InChI is InChI=1S/C25H28ClN5O6S/c1-15-20(23(26)30(28-15)19-12-13-38(35,36)14-19)10-11-21(32)37-17(3)24(33)27-22-16(2)29(4)31(25(22)34)18-8-6-5-7-9-18/h5-11,17,19H,12-14H2,1-4H3,(H,27,33)/b11-10+. The number of aromatic nitrogens is 4. The van der Waals surface area contributed by atoms with Crippen molar-refractivity contribution in [2.24, 2.45) is 7.05 Å². The van der Waals surface area contributed by atoms with Crippen LogP contribution in [-0.4, -0.2) is 57.0 Å². The number of esters is 1. The van der Waals surface area contributed by atoms with Gasteiger partial charge < -0.3 is 10.1 Å². The van der Waals surface area contributed by atoms with Gasteiger partial charge in [0, 0.05) is 18.7 Å². The lowest BCUT2D eigenvalue weighted by molar-refractivity contribution is -0.148. The first-order valence-corrected chi connectivity index (χ1v) is 14.1. The molecule has 1 aliphatic rings. The van der Waals surface area contributed by atoms with Crippen LogP contribution in [0.5, 0.6) is 0 Å². The number of benzene rings is 1. The van der Waals surface area contributed by atoms with E-state index in [4.69, 9.17) is 16.3 Å². The number of nitrogens with zero attached hydrogens (tertiary/aromatic N) is 4. The first-order valence-electron chi connectivity index (χ1n) is 11.9. The van der Waals surface area contributed by atoms with Crippen LogP contribution in [0, 0.1) is 13.8 Å². The smallest absolute Gasteiger partial charge is 0.331 e. The van der Waals surface area contributed by atoms with Crippen LogP contribution in [0.15, 0.2) is 41.2 Å². The van der Waals surface area contributed by atoms with Crippen molar-refractivity contribution >= 4 is 45.1 Å². The number of ether oxygens (including phenoxy) is 1. The number of hydrogen-bond acceptors (Lipinski definition) is 7. The molecule has 202 valence electrons. The number of carbonyl (C=O) groups excluding carboxylic acids is 2. The van der Waals surface area contributed by atoms with E-state index >= 15 is 0 Å². The highest BCUT2D eigenvalue weighted by Crippen LogP contribution is 2.30. The molecule has 0 bridgehead atoms. The van der Waals surface area contributed by atoms with Gasteiger partial charge in [0.1, 0.15) is 10.8 Å². The number of anilines is 1. The van der Waals surface area contributed by atoms with Gasteiger partial charge in [-0.15, -0.1) is 0 Å². The number of halogens is 1. The molecular formula is C25H28ClN5O6S. The van der Waals surface area contributed by atoms with E-state index in [0.717, 1.165) is 6.08 Å².